The third kappa shape index (κ3) is 6.80. The maximum atomic E-state index is 13.2. The van der Waals surface area contributed by atoms with E-state index in [1.807, 2.05) is 24.3 Å². The summed E-state index contributed by atoms with van der Waals surface area (Å²) in [5, 5.41) is 13.6. The van der Waals surface area contributed by atoms with E-state index in [1.54, 1.807) is 23.1 Å². The third-order valence-corrected chi connectivity index (χ3v) is 11.7. The average Bonchev–Trinajstić information content (AvgIpc) is 3.38. The van der Waals surface area contributed by atoms with Crippen LogP contribution in [0.4, 0.5) is 22.7 Å². The molecular formula is C38H38N6O9S. The number of hydrogen-bond acceptors (Lipinski definition) is 12. The number of piperidine rings is 1. The van der Waals surface area contributed by atoms with Gasteiger partial charge >= 0.3 is 0 Å². The minimum atomic E-state index is -0.983. The highest BCUT2D eigenvalue weighted by Crippen LogP contribution is 2.50. The topological polar surface area (TPSA) is 172 Å². The first-order chi connectivity index (χ1) is 26.0. The van der Waals surface area contributed by atoms with Gasteiger partial charge in [0.15, 0.2) is 0 Å². The molecule has 1 saturated carbocycles. The molecule has 1 unspecified atom stereocenters. The zero-order valence-corrected chi connectivity index (χ0v) is 30.3. The van der Waals surface area contributed by atoms with Crippen molar-refractivity contribution in [1.29, 1.82) is 0 Å². The van der Waals surface area contributed by atoms with Crippen LogP contribution in [-0.4, -0.2) is 102 Å². The van der Waals surface area contributed by atoms with E-state index >= 15 is 0 Å². The van der Waals surface area contributed by atoms with Crippen molar-refractivity contribution in [2.75, 3.05) is 49.1 Å². The minimum Gasteiger partial charge on any atom is -0.490 e. The van der Waals surface area contributed by atoms with Gasteiger partial charge in [-0.15, -0.1) is 0 Å². The number of nitro groups is 1. The Hall–Kier alpha value is -5.32. The maximum absolute atomic E-state index is 13.2. The van der Waals surface area contributed by atoms with E-state index in [0.717, 1.165) is 73.2 Å². The summed E-state index contributed by atoms with van der Waals surface area (Å²) in [6.07, 6.45) is 2.79. The molecule has 0 spiro atoms. The van der Waals surface area contributed by atoms with Crippen LogP contribution in [-0.2, 0) is 19.1 Å². The lowest BCUT2D eigenvalue weighted by Gasteiger charge is -2.37. The van der Waals surface area contributed by atoms with E-state index in [4.69, 9.17) is 9.47 Å². The molecule has 54 heavy (non-hydrogen) atoms. The summed E-state index contributed by atoms with van der Waals surface area (Å²) in [5.74, 6) is -1.54. The molecule has 5 aliphatic rings. The van der Waals surface area contributed by atoms with E-state index in [2.05, 4.69) is 15.1 Å². The summed E-state index contributed by atoms with van der Waals surface area (Å²) >= 11 is 1.38. The lowest BCUT2D eigenvalue weighted by atomic mass is 9.92. The molecule has 3 fully saturated rings. The number of fused-ring (bicyclic) bond motifs is 3. The molecule has 1 N–H and O–H groups in total. The second-order valence-corrected chi connectivity index (χ2v) is 15.1. The van der Waals surface area contributed by atoms with Gasteiger partial charge in [0.25, 0.3) is 17.5 Å². The maximum Gasteiger partial charge on any atom is 0.270 e. The Morgan fingerprint density at radius 2 is 1.63 bits per heavy atom. The number of nitrogens with zero attached hydrogens (tertiary/aromatic N) is 5. The number of hydrogen-bond donors (Lipinski definition) is 1. The van der Waals surface area contributed by atoms with Gasteiger partial charge < -0.3 is 14.4 Å². The van der Waals surface area contributed by atoms with E-state index < -0.39 is 34.6 Å². The summed E-state index contributed by atoms with van der Waals surface area (Å²) in [6.45, 7) is 6.23. The molecule has 0 bridgehead atoms. The average molecular weight is 755 g/mol. The SMILES string of the molecule is CC(=O)N1c2ccc(OC3CC(OCCCN4CCN(c5ccc6c(c5)C(=O)N(C5CCC(=O)NC5=O)C6=O)CC4)C3)cc2Sc2cc([N+](=O)[O-])ccc21. The van der Waals surface area contributed by atoms with Gasteiger partial charge in [-0.2, -0.15) is 0 Å². The molecule has 16 heteroatoms. The Labute approximate surface area is 314 Å². The quantitative estimate of drug-likeness (QED) is 0.135. The summed E-state index contributed by atoms with van der Waals surface area (Å²) < 4.78 is 12.4. The van der Waals surface area contributed by atoms with Crippen LogP contribution < -0.4 is 19.9 Å². The molecule has 0 radical (unpaired) electrons. The molecule has 0 aromatic heterocycles. The van der Waals surface area contributed by atoms with Crippen molar-refractivity contribution in [3.8, 4) is 5.75 Å². The fourth-order valence-electron chi connectivity index (χ4n) is 7.67. The predicted molar refractivity (Wildman–Crippen MR) is 196 cm³/mol. The number of non-ortho nitro benzene ring substituents is 1. The van der Waals surface area contributed by atoms with E-state index in [0.29, 0.717) is 22.9 Å². The summed E-state index contributed by atoms with van der Waals surface area (Å²) in [6, 6.07) is 14.4. The van der Waals surface area contributed by atoms with Crippen LogP contribution in [0.1, 0.15) is 59.7 Å². The number of anilines is 3. The van der Waals surface area contributed by atoms with Gasteiger partial charge in [0.05, 0.1) is 33.5 Å². The fraction of sp³-hybridized carbons (Fsp3) is 0.395. The van der Waals surface area contributed by atoms with Crippen molar-refractivity contribution >= 4 is 64.0 Å². The largest absolute Gasteiger partial charge is 0.490 e. The van der Waals surface area contributed by atoms with Crippen molar-refractivity contribution in [2.24, 2.45) is 0 Å². The second-order valence-electron chi connectivity index (χ2n) is 14.1. The van der Waals surface area contributed by atoms with Crippen LogP contribution in [0.5, 0.6) is 5.75 Å². The first-order valence-electron chi connectivity index (χ1n) is 18.1. The van der Waals surface area contributed by atoms with Crippen LogP contribution in [0.3, 0.4) is 0 Å². The molecule has 8 rings (SSSR count). The van der Waals surface area contributed by atoms with Crippen LogP contribution in [0, 0.1) is 10.1 Å². The third-order valence-electron chi connectivity index (χ3n) is 10.6. The number of carbonyl (C=O) groups is 5. The molecule has 1 aliphatic carbocycles. The van der Waals surface area contributed by atoms with Gasteiger partial charge in [0.2, 0.25) is 17.7 Å². The van der Waals surface area contributed by atoms with Crippen molar-refractivity contribution in [1.82, 2.24) is 15.1 Å². The monoisotopic (exact) mass is 754 g/mol. The number of ether oxygens (including phenoxy) is 2. The standard InChI is InChI=1S/C38H38N6O9S/c1-22(45)42-30-7-4-24(44(50)51)18-33(30)54-34-21-25(5-8-31(34)42)53-27-19-26(20-27)52-16-2-11-40-12-14-41(15-13-40)23-3-6-28-29(17-23)38(49)43(37(28)48)32-9-10-35(46)39-36(32)47/h3-8,17-18,21,26-27,32H,2,9-16,19-20H2,1H3,(H,39,46,47). The molecule has 4 heterocycles. The second kappa shape index (κ2) is 14.5. The Kier molecular flexibility index (Phi) is 9.58. The number of benzene rings is 3. The van der Waals surface area contributed by atoms with Crippen LogP contribution in [0.2, 0.25) is 0 Å². The molecule has 3 aromatic rings. The molecular weight excluding hydrogens is 717 g/mol. The number of nitrogens with one attached hydrogen (secondary N) is 1. The first kappa shape index (κ1) is 35.7. The lowest BCUT2D eigenvalue weighted by molar-refractivity contribution is -0.385. The summed E-state index contributed by atoms with van der Waals surface area (Å²) in [4.78, 5) is 82.3. The zero-order chi connectivity index (χ0) is 37.7. The molecule has 1 atom stereocenters. The number of carbonyl (C=O) groups excluding carboxylic acids is 5. The van der Waals surface area contributed by atoms with Gasteiger partial charge in [-0.05, 0) is 55.3 Å². The highest BCUT2D eigenvalue weighted by Gasteiger charge is 2.45. The highest BCUT2D eigenvalue weighted by atomic mass is 32.2. The Bertz CT molecular complexity index is 2080. The predicted octanol–water partition coefficient (Wildman–Crippen LogP) is 4.28. The van der Waals surface area contributed by atoms with E-state index in [1.165, 1.54) is 30.8 Å². The number of rotatable bonds is 10. The number of imide groups is 2. The molecule has 15 nitrogen and oxygen atoms in total. The fourth-order valence-corrected chi connectivity index (χ4v) is 8.79. The minimum absolute atomic E-state index is 0.0140. The van der Waals surface area contributed by atoms with Gasteiger partial charge in [-0.25, -0.2) is 0 Å². The van der Waals surface area contributed by atoms with Crippen molar-refractivity contribution in [2.45, 2.75) is 67.1 Å². The van der Waals surface area contributed by atoms with Gasteiger partial charge in [-0.3, -0.25) is 54.1 Å². The van der Waals surface area contributed by atoms with Gasteiger partial charge in [-0.1, -0.05) is 11.8 Å². The number of amides is 5. The summed E-state index contributed by atoms with van der Waals surface area (Å²) in [7, 11) is 0. The Morgan fingerprint density at radius 3 is 2.35 bits per heavy atom. The molecule has 3 aromatic carbocycles. The molecule has 4 aliphatic heterocycles. The van der Waals surface area contributed by atoms with Crippen LogP contribution in [0.15, 0.2) is 64.4 Å². The van der Waals surface area contributed by atoms with Crippen LogP contribution in [0.25, 0.3) is 0 Å². The Balaban J connectivity index is 0.764. The lowest BCUT2D eigenvalue weighted by Crippen LogP contribution is -2.54. The molecule has 280 valence electrons. The van der Waals surface area contributed by atoms with Crippen molar-refractivity contribution in [3.05, 3.63) is 75.8 Å². The molecule has 2 saturated heterocycles. The highest BCUT2D eigenvalue weighted by molar-refractivity contribution is 7.99. The normalized spacial score (nSPS) is 22.3. The van der Waals surface area contributed by atoms with E-state index in [9.17, 15) is 34.1 Å². The Morgan fingerprint density at radius 1 is 0.907 bits per heavy atom. The van der Waals surface area contributed by atoms with Crippen molar-refractivity contribution in [3.63, 3.8) is 0 Å². The van der Waals surface area contributed by atoms with Gasteiger partial charge in [0.1, 0.15) is 17.9 Å². The van der Waals surface area contributed by atoms with E-state index in [-0.39, 0.29) is 47.8 Å². The molecule has 5 amide bonds. The summed E-state index contributed by atoms with van der Waals surface area (Å²) in [5.41, 5.74) is 2.73. The van der Waals surface area contributed by atoms with Crippen LogP contribution >= 0.6 is 11.8 Å². The van der Waals surface area contributed by atoms with Crippen molar-refractivity contribution < 1.29 is 38.4 Å². The smallest absolute Gasteiger partial charge is 0.270 e. The number of nitro benzene ring substituents is 1. The number of piperazine rings is 1. The van der Waals surface area contributed by atoms with Gasteiger partial charge in [0, 0.05) is 93.1 Å². The first-order valence-corrected chi connectivity index (χ1v) is 18.9. The zero-order valence-electron chi connectivity index (χ0n) is 29.5.